The van der Waals surface area contributed by atoms with Crippen molar-refractivity contribution in [2.24, 2.45) is 0 Å². The summed E-state index contributed by atoms with van der Waals surface area (Å²) in [4.78, 5) is 23.8. The van der Waals surface area contributed by atoms with Crippen molar-refractivity contribution in [1.29, 1.82) is 0 Å². The quantitative estimate of drug-likeness (QED) is 0.776. The molecule has 1 aliphatic rings. The maximum Gasteiger partial charge on any atom is 0.291 e. The van der Waals surface area contributed by atoms with Gasteiger partial charge in [-0.05, 0) is 35.9 Å². The van der Waals surface area contributed by atoms with Gasteiger partial charge in [0.2, 0.25) is 5.91 Å². The lowest BCUT2D eigenvalue weighted by atomic mass is 10.1. The van der Waals surface area contributed by atoms with Crippen molar-refractivity contribution >= 4 is 34.2 Å². The lowest BCUT2D eigenvalue weighted by Gasteiger charge is -2.05. The number of methoxy groups -OCH3 is 1. The van der Waals surface area contributed by atoms with E-state index in [1.807, 2.05) is 12.1 Å². The van der Waals surface area contributed by atoms with Crippen molar-refractivity contribution in [3.05, 3.63) is 53.8 Å². The molecule has 3 aromatic rings. The van der Waals surface area contributed by atoms with E-state index in [0.717, 1.165) is 16.6 Å². The number of carbonyl (C=O) groups is 2. The number of amides is 2. The van der Waals surface area contributed by atoms with E-state index in [1.165, 1.54) is 0 Å². The predicted molar refractivity (Wildman–Crippen MR) is 89.5 cm³/mol. The van der Waals surface area contributed by atoms with Crippen LogP contribution in [0, 0.1) is 0 Å². The Balaban J connectivity index is 1.61. The van der Waals surface area contributed by atoms with Crippen LogP contribution >= 0.6 is 0 Å². The van der Waals surface area contributed by atoms with Crippen LogP contribution in [0.2, 0.25) is 0 Å². The number of hydrogen-bond donors (Lipinski definition) is 2. The Morgan fingerprint density at radius 1 is 1.25 bits per heavy atom. The number of fused-ring (bicyclic) bond motifs is 2. The van der Waals surface area contributed by atoms with Crippen LogP contribution in [0.25, 0.3) is 11.0 Å². The van der Waals surface area contributed by atoms with Crippen LogP contribution in [0.4, 0.5) is 11.4 Å². The molecule has 0 radical (unpaired) electrons. The number of furan rings is 1. The Kier molecular flexibility index (Phi) is 3.23. The molecule has 0 bridgehead atoms. The zero-order valence-electron chi connectivity index (χ0n) is 12.9. The molecule has 120 valence electrons. The highest BCUT2D eigenvalue weighted by atomic mass is 16.5. The molecule has 0 saturated carbocycles. The Hall–Kier alpha value is -3.28. The fourth-order valence-electron chi connectivity index (χ4n) is 2.81. The smallest absolute Gasteiger partial charge is 0.291 e. The zero-order chi connectivity index (χ0) is 16.7. The summed E-state index contributed by atoms with van der Waals surface area (Å²) < 4.78 is 10.9. The number of nitrogens with one attached hydrogen (secondary N) is 2. The van der Waals surface area contributed by atoms with E-state index >= 15 is 0 Å². The van der Waals surface area contributed by atoms with Crippen LogP contribution in [0.3, 0.4) is 0 Å². The van der Waals surface area contributed by atoms with Gasteiger partial charge in [0.15, 0.2) is 17.1 Å². The van der Waals surface area contributed by atoms with Gasteiger partial charge in [0, 0.05) is 16.8 Å². The lowest BCUT2D eigenvalue weighted by Crippen LogP contribution is -2.10. The standard InChI is InChI=1S/C18H14N2O4/c1-23-14-4-2-3-10-8-15(24-17(10)14)18(22)19-12-5-6-13-11(7-12)9-16(21)20-13/h2-8H,9H2,1H3,(H,19,22)(H,20,21). The number of benzene rings is 2. The lowest BCUT2D eigenvalue weighted by molar-refractivity contribution is -0.115. The van der Waals surface area contributed by atoms with E-state index in [0.29, 0.717) is 23.4 Å². The fourth-order valence-corrected chi connectivity index (χ4v) is 2.81. The van der Waals surface area contributed by atoms with Crippen molar-refractivity contribution < 1.29 is 18.7 Å². The number of ether oxygens (including phenoxy) is 1. The minimum Gasteiger partial charge on any atom is -0.493 e. The molecule has 1 aliphatic heterocycles. The molecule has 0 fully saturated rings. The molecule has 1 aromatic heterocycles. The van der Waals surface area contributed by atoms with Gasteiger partial charge in [-0.25, -0.2) is 0 Å². The third-order valence-corrected chi connectivity index (χ3v) is 3.94. The SMILES string of the molecule is COc1cccc2cc(C(=O)Nc3ccc4c(c3)CC(=O)N4)oc12. The molecule has 0 saturated heterocycles. The molecule has 2 N–H and O–H groups in total. The first-order valence-electron chi connectivity index (χ1n) is 7.45. The third kappa shape index (κ3) is 2.38. The second kappa shape index (κ2) is 5.42. The summed E-state index contributed by atoms with van der Waals surface area (Å²) in [5.74, 6) is 0.376. The summed E-state index contributed by atoms with van der Waals surface area (Å²) in [6.45, 7) is 0. The van der Waals surface area contributed by atoms with E-state index < -0.39 is 0 Å². The van der Waals surface area contributed by atoms with Gasteiger partial charge in [0.25, 0.3) is 5.91 Å². The van der Waals surface area contributed by atoms with Crippen molar-refractivity contribution in [2.75, 3.05) is 17.7 Å². The summed E-state index contributed by atoms with van der Waals surface area (Å²) in [5, 5.41) is 6.34. The van der Waals surface area contributed by atoms with E-state index in [1.54, 1.807) is 37.4 Å². The van der Waals surface area contributed by atoms with Crippen LogP contribution in [0.15, 0.2) is 46.9 Å². The van der Waals surface area contributed by atoms with E-state index in [-0.39, 0.29) is 17.6 Å². The Morgan fingerprint density at radius 2 is 2.12 bits per heavy atom. The number of carbonyl (C=O) groups excluding carboxylic acids is 2. The maximum absolute atomic E-state index is 12.4. The van der Waals surface area contributed by atoms with Crippen LogP contribution in [-0.2, 0) is 11.2 Å². The summed E-state index contributed by atoms with van der Waals surface area (Å²) in [6.07, 6.45) is 0.320. The average molecular weight is 322 g/mol. The molecule has 6 nitrogen and oxygen atoms in total. The summed E-state index contributed by atoms with van der Waals surface area (Å²) >= 11 is 0. The van der Waals surface area contributed by atoms with Crippen molar-refractivity contribution in [3.63, 3.8) is 0 Å². The topological polar surface area (TPSA) is 80.6 Å². The second-order valence-electron chi connectivity index (χ2n) is 5.54. The van der Waals surface area contributed by atoms with Gasteiger partial charge >= 0.3 is 0 Å². The molecular weight excluding hydrogens is 308 g/mol. The molecule has 6 heteroatoms. The van der Waals surface area contributed by atoms with Gasteiger partial charge in [0.05, 0.1) is 13.5 Å². The molecule has 0 spiro atoms. The first-order valence-corrected chi connectivity index (χ1v) is 7.45. The van der Waals surface area contributed by atoms with Gasteiger partial charge < -0.3 is 19.8 Å². The van der Waals surface area contributed by atoms with Gasteiger partial charge in [-0.1, -0.05) is 12.1 Å². The summed E-state index contributed by atoms with van der Waals surface area (Å²) in [6, 6.07) is 12.4. The average Bonchev–Trinajstić information content (AvgIpc) is 3.16. The van der Waals surface area contributed by atoms with Crippen molar-refractivity contribution in [3.8, 4) is 5.75 Å². The first kappa shape index (κ1) is 14.3. The molecule has 0 unspecified atom stereocenters. The highest BCUT2D eigenvalue weighted by Crippen LogP contribution is 2.29. The zero-order valence-corrected chi connectivity index (χ0v) is 12.9. The molecule has 2 aromatic carbocycles. The molecular formula is C18H14N2O4. The molecule has 24 heavy (non-hydrogen) atoms. The molecule has 2 heterocycles. The monoisotopic (exact) mass is 322 g/mol. The first-order chi connectivity index (χ1) is 11.6. The summed E-state index contributed by atoms with van der Waals surface area (Å²) in [7, 11) is 1.55. The van der Waals surface area contributed by atoms with E-state index in [4.69, 9.17) is 9.15 Å². The summed E-state index contributed by atoms with van der Waals surface area (Å²) in [5.41, 5.74) is 2.80. The van der Waals surface area contributed by atoms with E-state index in [2.05, 4.69) is 10.6 Å². The predicted octanol–water partition coefficient (Wildman–Crippen LogP) is 3.19. The highest BCUT2D eigenvalue weighted by Gasteiger charge is 2.19. The fraction of sp³-hybridized carbons (Fsp3) is 0.111. The van der Waals surface area contributed by atoms with Crippen LogP contribution < -0.4 is 15.4 Å². The number of hydrogen-bond acceptors (Lipinski definition) is 4. The molecule has 0 aliphatic carbocycles. The number of rotatable bonds is 3. The van der Waals surface area contributed by atoms with Crippen LogP contribution in [0.1, 0.15) is 16.1 Å². The minimum absolute atomic E-state index is 0.0437. The van der Waals surface area contributed by atoms with Gasteiger partial charge in [-0.2, -0.15) is 0 Å². The van der Waals surface area contributed by atoms with Gasteiger partial charge in [0.1, 0.15) is 0 Å². The Labute approximate surface area is 137 Å². The molecule has 2 amide bonds. The number of para-hydroxylation sites is 1. The van der Waals surface area contributed by atoms with E-state index in [9.17, 15) is 9.59 Å². The van der Waals surface area contributed by atoms with Crippen LogP contribution in [-0.4, -0.2) is 18.9 Å². The second-order valence-corrected chi connectivity index (χ2v) is 5.54. The third-order valence-electron chi connectivity index (χ3n) is 3.94. The van der Waals surface area contributed by atoms with Crippen molar-refractivity contribution in [1.82, 2.24) is 0 Å². The number of anilines is 2. The Bertz CT molecular complexity index is 974. The Morgan fingerprint density at radius 3 is 2.96 bits per heavy atom. The van der Waals surface area contributed by atoms with Gasteiger partial charge in [-0.15, -0.1) is 0 Å². The minimum atomic E-state index is -0.356. The van der Waals surface area contributed by atoms with Crippen molar-refractivity contribution in [2.45, 2.75) is 6.42 Å². The molecule has 0 atom stereocenters. The normalized spacial score (nSPS) is 12.8. The highest BCUT2D eigenvalue weighted by molar-refractivity contribution is 6.06. The van der Waals surface area contributed by atoms with Gasteiger partial charge in [-0.3, -0.25) is 9.59 Å². The van der Waals surface area contributed by atoms with Crippen LogP contribution in [0.5, 0.6) is 5.75 Å². The molecule has 4 rings (SSSR count). The largest absolute Gasteiger partial charge is 0.493 e. The maximum atomic E-state index is 12.4.